The quantitative estimate of drug-likeness (QED) is 0.328. The molecule has 0 aliphatic heterocycles. The number of rotatable bonds is 9. The lowest BCUT2D eigenvalue weighted by Gasteiger charge is -2.26. The Labute approximate surface area is 210 Å². The third-order valence-corrected chi connectivity index (χ3v) is 5.60. The fraction of sp³-hybridized carbons (Fsp3) is 0.333. The first-order valence-electron chi connectivity index (χ1n) is 12.0. The highest BCUT2D eigenvalue weighted by Gasteiger charge is 2.20. The molecule has 3 aromatic rings. The Balaban J connectivity index is 1.64. The lowest BCUT2D eigenvalue weighted by Crippen LogP contribution is -2.43. The highest BCUT2D eigenvalue weighted by Crippen LogP contribution is 2.32. The van der Waals surface area contributed by atoms with Gasteiger partial charge in [-0.15, -0.1) is 0 Å². The summed E-state index contributed by atoms with van der Waals surface area (Å²) in [6, 6.07) is 13.0. The Morgan fingerprint density at radius 2 is 1.97 bits per heavy atom. The van der Waals surface area contributed by atoms with Crippen LogP contribution in [0.4, 0.5) is 5.82 Å². The fourth-order valence-corrected chi connectivity index (χ4v) is 3.68. The van der Waals surface area contributed by atoms with Crippen LogP contribution in [0.1, 0.15) is 40.0 Å². The number of carbonyl (C=O) groups excluding carboxylic acids is 1. The second kappa shape index (κ2) is 10.6. The molecule has 1 amide bonds. The van der Waals surface area contributed by atoms with Gasteiger partial charge in [0.1, 0.15) is 17.3 Å². The summed E-state index contributed by atoms with van der Waals surface area (Å²) in [4.78, 5) is 21.6. The van der Waals surface area contributed by atoms with Crippen molar-refractivity contribution in [2.75, 3.05) is 11.9 Å². The standard InChI is InChI=1S/C27H32N6O3/c1-27(2,3)33-24(34)16-35-20-9-4-6-17(12-20)25-31-23-11-10-21(36-19-7-5-8-19)13-22(23)26(32-25)30-18(14-28)15-29/h4,6,9-15,19,28H,5,7-8,16,29H2,1-3H3,(H,33,34)(H,30,31,32)/b18-15+,28-14?. The maximum Gasteiger partial charge on any atom is 0.258 e. The van der Waals surface area contributed by atoms with Gasteiger partial charge in [-0.05, 0) is 70.4 Å². The smallest absolute Gasteiger partial charge is 0.258 e. The predicted molar refractivity (Wildman–Crippen MR) is 141 cm³/mol. The van der Waals surface area contributed by atoms with E-state index in [1.807, 2.05) is 51.1 Å². The molecule has 0 atom stereocenters. The zero-order chi connectivity index (χ0) is 25.7. The lowest BCUT2D eigenvalue weighted by atomic mass is 9.96. The number of carbonyl (C=O) groups is 1. The number of ether oxygens (including phenoxy) is 2. The fourth-order valence-electron chi connectivity index (χ4n) is 3.68. The zero-order valence-electron chi connectivity index (χ0n) is 20.8. The van der Waals surface area contributed by atoms with Crippen molar-refractivity contribution in [2.24, 2.45) is 5.73 Å². The Hall–Kier alpha value is -4.14. The zero-order valence-corrected chi connectivity index (χ0v) is 20.8. The number of nitrogens with two attached hydrogens (primary N) is 1. The van der Waals surface area contributed by atoms with Gasteiger partial charge in [-0.25, -0.2) is 9.97 Å². The minimum Gasteiger partial charge on any atom is -0.490 e. The molecule has 1 saturated carbocycles. The second-order valence-corrected chi connectivity index (χ2v) is 9.75. The number of nitrogens with one attached hydrogen (secondary N) is 3. The van der Waals surface area contributed by atoms with Gasteiger partial charge in [-0.3, -0.25) is 4.79 Å². The summed E-state index contributed by atoms with van der Waals surface area (Å²) in [6.07, 6.45) is 5.98. The van der Waals surface area contributed by atoms with Gasteiger partial charge in [0.15, 0.2) is 12.4 Å². The van der Waals surface area contributed by atoms with E-state index in [4.69, 9.17) is 30.6 Å². The normalized spacial score (nSPS) is 14.1. The van der Waals surface area contributed by atoms with Gasteiger partial charge in [0.05, 0.1) is 17.3 Å². The summed E-state index contributed by atoms with van der Waals surface area (Å²) in [5.74, 6) is 2.05. The summed E-state index contributed by atoms with van der Waals surface area (Å²) in [7, 11) is 0. The van der Waals surface area contributed by atoms with Crippen LogP contribution in [0.2, 0.25) is 0 Å². The van der Waals surface area contributed by atoms with Gasteiger partial charge in [-0.2, -0.15) is 0 Å². The second-order valence-electron chi connectivity index (χ2n) is 9.75. The lowest BCUT2D eigenvalue weighted by molar-refractivity contribution is -0.124. The molecule has 1 aliphatic rings. The van der Waals surface area contributed by atoms with Crippen molar-refractivity contribution in [2.45, 2.75) is 51.7 Å². The number of amides is 1. The van der Waals surface area contributed by atoms with E-state index >= 15 is 0 Å². The monoisotopic (exact) mass is 488 g/mol. The van der Waals surface area contributed by atoms with Crippen LogP contribution < -0.4 is 25.8 Å². The molecule has 1 fully saturated rings. The molecular formula is C27H32N6O3. The Morgan fingerprint density at radius 1 is 1.17 bits per heavy atom. The number of allylic oxidation sites excluding steroid dienone is 1. The van der Waals surface area contributed by atoms with Gasteiger partial charge in [0.2, 0.25) is 0 Å². The largest absolute Gasteiger partial charge is 0.490 e. The van der Waals surface area contributed by atoms with Crippen LogP contribution in [-0.4, -0.2) is 40.3 Å². The van der Waals surface area contributed by atoms with Crippen LogP contribution in [0.5, 0.6) is 11.5 Å². The van der Waals surface area contributed by atoms with Gasteiger partial charge in [-0.1, -0.05) is 12.1 Å². The summed E-state index contributed by atoms with van der Waals surface area (Å²) in [5.41, 5.74) is 7.16. The van der Waals surface area contributed by atoms with E-state index in [9.17, 15) is 4.79 Å². The van der Waals surface area contributed by atoms with Gasteiger partial charge in [0.25, 0.3) is 5.91 Å². The molecule has 9 nitrogen and oxygen atoms in total. The van der Waals surface area contributed by atoms with Crippen LogP contribution in [0.15, 0.2) is 54.4 Å². The topological polar surface area (TPSA) is 135 Å². The molecule has 0 unspecified atom stereocenters. The first-order valence-corrected chi connectivity index (χ1v) is 12.0. The molecule has 0 bridgehead atoms. The van der Waals surface area contributed by atoms with Crippen molar-refractivity contribution < 1.29 is 14.3 Å². The van der Waals surface area contributed by atoms with E-state index in [-0.39, 0.29) is 24.2 Å². The summed E-state index contributed by atoms with van der Waals surface area (Å²) in [6.45, 7) is 5.65. The average Bonchev–Trinajstić information content (AvgIpc) is 2.82. The minimum atomic E-state index is -0.333. The number of hydrogen-bond donors (Lipinski definition) is 4. The van der Waals surface area contributed by atoms with Gasteiger partial charge in [0, 0.05) is 28.9 Å². The van der Waals surface area contributed by atoms with E-state index in [1.165, 1.54) is 12.6 Å². The summed E-state index contributed by atoms with van der Waals surface area (Å²) >= 11 is 0. The number of anilines is 1. The van der Waals surface area contributed by atoms with Crippen molar-refractivity contribution in [3.05, 3.63) is 54.4 Å². The van der Waals surface area contributed by atoms with Crippen molar-refractivity contribution in [1.82, 2.24) is 15.3 Å². The Kier molecular flexibility index (Phi) is 7.38. The third-order valence-electron chi connectivity index (χ3n) is 5.60. The molecule has 0 spiro atoms. The molecule has 188 valence electrons. The molecule has 9 heteroatoms. The van der Waals surface area contributed by atoms with E-state index in [2.05, 4.69) is 10.6 Å². The van der Waals surface area contributed by atoms with Crippen molar-refractivity contribution >= 4 is 28.8 Å². The molecule has 0 radical (unpaired) electrons. The van der Waals surface area contributed by atoms with E-state index in [0.29, 0.717) is 28.6 Å². The highest BCUT2D eigenvalue weighted by molar-refractivity contribution is 5.94. The molecule has 1 aliphatic carbocycles. The minimum absolute atomic E-state index is 0.0974. The SMILES string of the molecule is CC(C)(C)NC(=O)COc1cccc(-c2nc(N/C(C=N)=C/N)c3cc(OC4CCC4)ccc3n2)c1. The maximum atomic E-state index is 12.1. The maximum absolute atomic E-state index is 12.1. The number of benzene rings is 2. The number of nitrogens with zero attached hydrogens (tertiary/aromatic N) is 2. The molecule has 1 heterocycles. The van der Waals surface area contributed by atoms with E-state index in [1.54, 1.807) is 12.1 Å². The Morgan fingerprint density at radius 3 is 2.64 bits per heavy atom. The van der Waals surface area contributed by atoms with Crippen LogP contribution in [0.25, 0.3) is 22.3 Å². The van der Waals surface area contributed by atoms with Crippen LogP contribution in [0, 0.1) is 5.41 Å². The van der Waals surface area contributed by atoms with Gasteiger partial charge >= 0.3 is 0 Å². The van der Waals surface area contributed by atoms with Crippen LogP contribution >= 0.6 is 0 Å². The van der Waals surface area contributed by atoms with E-state index < -0.39 is 0 Å². The molecule has 36 heavy (non-hydrogen) atoms. The summed E-state index contributed by atoms with van der Waals surface area (Å²) in [5, 5.41) is 14.4. The highest BCUT2D eigenvalue weighted by atomic mass is 16.5. The van der Waals surface area contributed by atoms with Crippen molar-refractivity contribution in [3.63, 3.8) is 0 Å². The van der Waals surface area contributed by atoms with Crippen molar-refractivity contribution in [3.8, 4) is 22.9 Å². The predicted octanol–water partition coefficient (Wildman–Crippen LogP) is 4.38. The van der Waals surface area contributed by atoms with Crippen molar-refractivity contribution in [1.29, 1.82) is 5.41 Å². The van der Waals surface area contributed by atoms with E-state index in [0.717, 1.165) is 35.8 Å². The molecule has 0 saturated heterocycles. The number of fused-ring (bicyclic) bond motifs is 1. The molecular weight excluding hydrogens is 456 g/mol. The van der Waals surface area contributed by atoms with Crippen LogP contribution in [0.3, 0.4) is 0 Å². The van der Waals surface area contributed by atoms with Gasteiger partial charge < -0.3 is 31.3 Å². The number of hydrogen-bond acceptors (Lipinski definition) is 8. The van der Waals surface area contributed by atoms with Crippen LogP contribution in [-0.2, 0) is 4.79 Å². The Bertz CT molecular complexity index is 1290. The molecule has 4 rings (SSSR count). The summed E-state index contributed by atoms with van der Waals surface area (Å²) < 4.78 is 11.8. The average molecular weight is 489 g/mol. The molecule has 1 aromatic heterocycles. The first-order chi connectivity index (χ1) is 17.2. The molecule has 2 aromatic carbocycles. The molecule has 5 N–H and O–H groups in total. The number of aromatic nitrogens is 2. The first kappa shape index (κ1) is 25.0. The third kappa shape index (κ3) is 6.29.